The van der Waals surface area contributed by atoms with Gasteiger partial charge >= 0.3 is 12.0 Å². The molecule has 116 valence electrons. The Morgan fingerprint density at radius 3 is 2.75 bits per heavy atom. The third-order valence-electron chi connectivity index (χ3n) is 3.75. The van der Waals surface area contributed by atoms with Gasteiger partial charge < -0.3 is 20.1 Å². The van der Waals surface area contributed by atoms with Gasteiger partial charge in [-0.1, -0.05) is 13.8 Å². The molecule has 1 aliphatic rings. The maximum Gasteiger partial charge on any atom is 0.317 e. The molecule has 1 fully saturated rings. The molecule has 20 heavy (non-hydrogen) atoms. The lowest BCUT2D eigenvalue weighted by Crippen LogP contribution is -2.46. The molecule has 2 amide bonds. The number of likely N-dealkylation sites (tertiary alicyclic amines) is 1. The van der Waals surface area contributed by atoms with Gasteiger partial charge in [-0.15, -0.1) is 0 Å². The summed E-state index contributed by atoms with van der Waals surface area (Å²) in [5.41, 5.74) is -0.0340. The van der Waals surface area contributed by atoms with E-state index in [-0.39, 0.29) is 23.9 Å². The molecule has 1 heterocycles. The van der Waals surface area contributed by atoms with Gasteiger partial charge in [-0.3, -0.25) is 4.79 Å². The number of hydrogen-bond acceptors (Lipinski definition) is 3. The third kappa shape index (κ3) is 5.36. The van der Waals surface area contributed by atoms with Crippen LogP contribution in [0.4, 0.5) is 4.79 Å². The number of carboxylic acid groups (broad SMARTS) is 1. The van der Waals surface area contributed by atoms with Gasteiger partial charge in [-0.2, -0.15) is 0 Å². The van der Waals surface area contributed by atoms with E-state index in [2.05, 4.69) is 19.2 Å². The number of nitrogens with one attached hydrogen (secondary N) is 1. The van der Waals surface area contributed by atoms with E-state index in [0.29, 0.717) is 19.7 Å². The molecule has 0 aromatic heterocycles. The van der Waals surface area contributed by atoms with Crippen molar-refractivity contribution in [3.8, 4) is 0 Å². The fraction of sp³-hybridized carbons (Fsp3) is 0.857. The lowest BCUT2D eigenvalue weighted by atomic mass is 9.90. The van der Waals surface area contributed by atoms with Crippen LogP contribution in [-0.4, -0.2) is 54.9 Å². The first-order chi connectivity index (χ1) is 9.35. The number of amides is 2. The van der Waals surface area contributed by atoms with Crippen molar-refractivity contribution in [3.05, 3.63) is 0 Å². The van der Waals surface area contributed by atoms with Gasteiger partial charge in [0.2, 0.25) is 0 Å². The molecule has 2 N–H and O–H groups in total. The summed E-state index contributed by atoms with van der Waals surface area (Å²) in [6, 6.07) is -0.325. The van der Waals surface area contributed by atoms with Crippen molar-refractivity contribution >= 4 is 12.0 Å². The van der Waals surface area contributed by atoms with Crippen LogP contribution < -0.4 is 5.32 Å². The molecule has 1 atom stereocenters. The topological polar surface area (TPSA) is 78.9 Å². The second kappa shape index (κ2) is 7.47. The second-order valence-corrected chi connectivity index (χ2v) is 6.15. The van der Waals surface area contributed by atoms with E-state index in [0.717, 1.165) is 19.3 Å². The Balaban J connectivity index is 2.43. The zero-order chi connectivity index (χ0) is 15.2. The number of nitrogens with zero attached hydrogens (tertiary/aromatic N) is 1. The minimum absolute atomic E-state index is 0.0283. The Kier molecular flexibility index (Phi) is 6.26. The summed E-state index contributed by atoms with van der Waals surface area (Å²) < 4.78 is 5.06. The Bertz CT molecular complexity index is 344. The standard InChI is InChI=1S/C14H26N2O4/c1-14(2,6-8-20-3)10-15-13(19)16-7-4-5-11(16)9-12(17)18/h11H,4-10H2,1-3H3,(H,15,19)(H,17,18). The van der Waals surface area contributed by atoms with Crippen LogP contribution in [0.5, 0.6) is 0 Å². The fourth-order valence-corrected chi connectivity index (χ4v) is 2.40. The van der Waals surface area contributed by atoms with Crippen LogP contribution >= 0.6 is 0 Å². The SMILES string of the molecule is COCCC(C)(C)CNC(=O)N1CCCC1CC(=O)O. The highest BCUT2D eigenvalue weighted by atomic mass is 16.5. The van der Waals surface area contributed by atoms with Crippen LogP contribution in [0.15, 0.2) is 0 Å². The summed E-state index contributed by atoms with van der Waals surface area (Å²) in [5, 5.41) is 11.8. The average Bonchev–Trinajstić information content (AvgIpc) is 2.81. The van der Waals surface area contributed by atoms with Gasteiger partial charge in [0.05, 0.1) is 6.42 Å². The molecule has 1 saturated heterocycles. The number of hydrogen-bond donors (Lipinski definition) is 2. The van der Waals surface area contributed by atoms with Gasteiger partial charge in [0.15, 0.2) is 0 Å². The number of carbonyl (C=O) groups excluding carboxylic acids is 1. The van der Waals surface area contributed by atoms with Crippen LogP contribution in [-0.2, 0) is 9.53 Å². The summed E-state index contributed by atoms with van der Waals surface area (Å²) >= 11 is 0. The normalized spacial score (nSPS) is 19.1. The fourth-order valence-electron chi connectivity index (χ4n) is 2.40. The molecule has 0 bridgehead atoms. The molecule has 0 aromatic carbocycles. The summed E-state index contributed by atoms with van der Waals surface area (Å²) in [4.78, 5) is 24.6. The van der Waals surface area contributed by atoms with Crippen molar-refractivity contribution in [2.24, 2.45) is 5.41 Å². The summed E-state index contributed by atoms with van der Waals surface area (Å²) in [6.45, 7) is 6.01. The first-order valence-corrected chi connectivity index (χ1v) is 7.11. The molecule has 6 heteroatoms. The Labute approximate surface area is 120 Å². The molecule has 0 radical (unpaired) electrons. The van der Waals surface area contributed by atoms with Crippen molar-refractivity contribution in [2.45, 2.75) is 45.6 Å². The van der Waals surface area contributed by atoms with Crippen molar-refractivity contribution < 1.29 is 19.4 Å². The number of aliphatic carboxylic acids is 1. The van der Waals surface area contributed by atoms with Gasteiger partial charge in [0.1, 0.15) is 0 Å². The lowest BCUT2D eigenvalue weighted by Gasteiger charge is -2.28. The van der Waals surface area contributed by atoms with E-state index in [9.17, 15) is 9.59 Å². The predicted molar refractivity (Wildman–Crippen MR) is 75.7 cm³/mol. The molecule has 1 aliphatic heterocycles. The van der Waals surface area contributed by atoms with Gasteiger partial charge in [-0.25, -0.2) is 4.79 Å². The third-order valence-corrected chi connectivity index (χ3v) is 3.75. The van der Waals surface area contributed by atoms with Gasteiger partial charge in [0.25, 0.3) is 0 Å². The Morgan fingerprint density at radius 2 is 2.15 bits per heavy atom. The van der Waals surface area contributed by atoms with Crippen LogP contribution in [0, 0.1) is 5.41 Å². The van der Waals surface area contributed by atoms with Gasteiger partial charge in [0, 0.05) is 32.8 Å². The molecule has 6 nitrogen and oxygen atoms in total. The molecule has 0 saturated carbocycles. The lowest BCUT2D eigenvalue weighted by molar-refractivity contribution is -0.137. The maximum atomic E-state index is 12.1. The number of carboxylic acids is 1. The van der Waals surface area contributed by atoms with Crippen molar-refractivity contribution in [3.63, 3.8) is 0 Å². The van der Waals surface area contributed by atoms with E-state index in [1.807, 2.05) is 0 Å². The number of methoxy groups -OCH3 is 1. The number of urea groups is 1. The molecule has 0 aliphatic carbocycles. The molecular formula is C14H26N2O4. The molecule has 1 rings (SSSR count). The largest absolute Gasteiger partial charge is 0.481 e. The Hall–Kier alpha value is -1.30. The summed E-state index contributed by atoms with van der Waals surface area (Å²) in [7, 11) is 1.66. The first-order valence-electron chi connectivity index (χ1n) is 7.11. The highest BCUT2D eigenvalue weighted by molar-refractivity contribution is 5.76. The van der Waals surface area contributed by atoms with Crippen molar-refractivity contribution in [1.82, 2.24) is 10.2 Å². The zero-order valence-electron chi connectivity index (χ0n) is 12.6. The van der Waals surface area contributed by atoms with Crippen LogP contribution in [0.25, 0.3) is 0 Å². The molecule has 0 aromatic rings. The van der Waals surface area contributed by atoms with Crippen molar-refractivity contribution in [1.29, 1.82) is 0 Å². The van der Waals surface area contributed by atoms with Gasteiger partial charge in [-0.05, 0) is 24.7 Å². The number of carbonyl (C=O) groups is 2. The highest BCUT2D eigenvalue weighted by Gasteiger charge is 2.31. The first kappa shape index (κ1) is 16.8. The second-order valence-electron chi connectivity index (χ2n) is 6.15. The van der Waals surface area contributed by atoms with Crippen molar-refractivity contribution in [2.75, 3.05) is 26.8 Å². The number of rotatable bonds is 7. The molecule has 0 spiro atoms. The number of ether oxygens (including phenoxy) is 1. The maximum absolute atomic E-state index is 12.1. The highest BCUT2D eigenvalue weighted by Crippen LogP contribution is 2.22. The zero-order valence-corrected chi connectivity index (χ0v) is 12.6. The van der Waals surface area contributed by atoms with E-state index >= 15 is 0 Å². The minimum Gasteiger partial charge on any atom is -0.481 e. The van der Waals surface area contributed by atoms with E-state index < -0.39 is 5.97 Å². The summed E-state index contributed by atoms with van der Waals surface area (Å²) in [5.74, 6) is -0.852. The quantitative estimate of drug-likeness (QED) is 0.746. The summed E-state index contributed by atoms with van der Waals surface area (Å²) in [6.07, 6.45) is 2.54. The van der Waals surface area contributed by atoms with Crippen LogP contribution in [0.1, 0.15) is 39.5 Å². The minimum atomic E-state index is -0.852. The molecule has 1 unspecified atom stereocenters. The van der Waals surface area contributed by atoms with E-state index in [1.165, 1.54) is 0 Å². The predicted octanol–water partition coefficient (Wildman–Crippen LogP) is 1.70. The smallest absolute Gasteiger partial charge is 0.317 e. The van der Waals surface area contributed by atoms with Crippen LogP contribution in [0.3, 0.4) is 0 Å². The Morgan fingerprint density at radius 1 is 1.45 bits per heavy atom. The van der Waals surface area contributed by atoms with Crippen LogP contribution in [0.2, 0.25) is 0 Å². The molecular weight excluding hydrogens is 260 g/mol. The monoisotopic (exact) mass is 286 g/mol. The van der Waals surface area contributed by atoms with E-state index in [1.54, 1.807) is 12.0 Å². The van der Waals surface area contributed by atoms with E-state index in [4.69, 9.17) is 9.84 Å². The average molecular weight is 286 g/mol.